The molecule has 0 aromatic heterocycles. The Labute approximate surface area is 188 Å². The van der Waals surface area contributed by atoms with Crippen LogP contribution in [-0.4, -0.2) is 64.0 Å². The van der Waals surface area contributed by atoms with E-state index in [2.05, 4.69) is 0 Å². The Hall–Kier alpha value is -2.13. The highest BCUT2D eigenvalue weighted by molar-refractivity contribution is 7.89. The van der Waals surface area contributed by atoms with Crippen molar-refractivity contribution in [2.45, 2.75) is 30.4 Å². The van der Waals surface area contributed by atoms with Crippen LogP contribution in [-0.2, 0) is 21.3 Å². The van der Waals surface area contributed by atoms with Gasteiger partial charge in [0.05, 0.1) is 28.7 Å². The van der Waals surface area contributed by atoms with E-state index in [9.17, 15) is 13.2 Å². The number of methoxy groups -OCH3 is 1. The highest BCUT2D eigenvalue weighted by Crippen LogP contribution is 2.27. The van der Waals surface area contributed by atoms with Gasteiger partial charge in [-0.3, -0.25) is 4.79 Å². The molecule has 168 valence electrons. The van der Waals surface area contributed by atoms with E-state index in [-0.39, 0.29) is 34.0 Å². The zero-order valence-electron chi connectivity index (χ0n) is 17.9. The van der Waals surface area contributed by atoms with Crippen LogP contribution in [0.5, 0.6) is 5.75 Å². The lowest BCUT2D eigenvalue weighted by molar-refractivity contribution is 0.0505. The summed E-state index contributed by atoms with van der Waals surface area (Å²) in [6.45, 7) is 1.32. The molecule has 0 radical (unpaired) electrons. The van der Waals surface area contributed by atoms with E-state index < -0.39 is 10.0 Å². The SMILES string of the molecule is COc1ccccc1CN(CC1CCCO1)C(=O)c1cc(S(=O)(=O)N(C)C)ccc1Cl. The summed E-state index contributed by atoms with van der Waals surface area (Å²) in [5.41, 5.74) is 0.974. The van der Waals surface area contributed by atoms with Crippen molar-refractivity contribution in [3.05, 3.63) is 58.6 Å². The van der Waals surface area contributed by atoms with Crippen LogP contribution >= 0.6 is 11.6 Å². The Morgan fingerprint density at radius 1 is 1.23 bits per heavy atom. The predicted molar refractivity (Wildman–Crippen MR) is 119 cm³/mol. The molecule has 1 amide bonds. The maximum absolute atomic E-state index is 13.5. The van der Waals surface area contributed by atoms with E-state index in [0.29, 0.717) is 18.9 Å². The van der Waals surface area contributed by atoms with Crippen molar-refractivity contribution in [1.29, 1.82) is 0 Å². The van der Waals surface area contributed by atoms with Gasteiger partial charge in [-0.2, -0.15) is 0 Å². The number of ether oxygens (including phenoxy) is 2. The number of sulfonamides is 1. The summed E-state index contributed by atoms with van der Waals surface area (Å²) in [5.74, 6) is 0.310. The average molecular weight is 467 g/mol. The summed E-state index contributed by atoms with van der Waals surface area (Å²) >= 11 is 6.33. The smallest absolute Gasteiger partial charge is 0.255 e. The molecule has 1 unspecified atom stereocenters. The maximum atomic E-state index is 13.5. The number of hydrogen-bond donors (Lipinski definition) is 0. The third kappa shape index (κ3) is 5.38. The summed E-state index contributed by atoms with van der Waals surface area (Å²) < 4.78 is 37.4. The first kappa shape index (κ1) is 23.5. The number of halogens is 1. The van der Waals surface area contributed by atoms with Crippen LogP contribution in [0.4, 0.5) is 0 Å². The van der Waals surface area contributed by atoms with Crippen LogP contribution in [0.15, 0.2) is 47.4 Å². The molecule has 1 atom stereocenters. The molecule has 31 heavy (non-hydrogen) atoms. The van der Waals surface area contributed by atoms with E-state index >= 15 is 0 Å². The van der Waals surface area contributed by atoms with E-state index in [1.165, 1.54) is 32.3 Å². The zero-order chi connectivity index (χ0) is 22.6. The number of amides is 1. The largest absolute Gasteiger partial charge is 0.496 e. The van der Waals surface area contributed by atoms with Crippen LogP contribution in [0, 0.1) is 0 Å². The molecule has 9 heteroatoms. The summed E-state index contributed by atoms with van der Waals surface area (Å²) in [5, 5.41) is 0.195. The molecular formula is C22H27ClN2O5S. The van der Waals surface area contributed by atoms with Gasteiger partial charge >= 0.3 is 0 Å². The molecule has 1 saturated heterocycles. The molecule has 1 aliphatic heterocycles. The molecule has 0 aliphatic carbocycles. The van der Waals surface area contributed by atoms with Crippen LogP contribution < -0.4 is 4.74 Å². The lowest BCUT2D eigenvalue weighted by Crippen LogP contribution is -2.37. The van der Waals surface area contributed by atoms with E-state index in [4.69, 9.17) is 21.1 Å². The molecule has 0 bridgehead atoms. The molecule has 1 aliphatic rings. The number of rotatable bonds is 8. The first-order valence-electron chi connectivity index (χ1n) is 9.99. The van der Waals surface area contributed by atoms with Gasteiger partial charge in [0.15, 0.2) is 0 Å². The summed E-state index contributed by atoms with van der Waals surface area (Å²) in [6.07, 6.45) is 1.73. The molecule has 1 heterocycles. The first-order valence-corrected chi connectivity index (χ1v) is 11.8. The van der Waals surface area contributed by atoms with Crippen molar-refractivity contribution in [2.75, 3.05) is 34.4 Å². The standard InChI is InChI=1S/C22H27ClN2O5S/c1-24(2)31(27,28)18-10-11-20(23)19(13-18)22(26)25(15-17-8-6-12-30-17)14-16-7-4-5-9-21(16)29-3/h4-5,7,9-11,13,17H,6,8,12,14-15H2,1-3H3. The van der Waals surface area contributed by atoms with Crippen molar-refractivity contribution < 1.29 is 22.7 Å². The Morgan fingerprint density at radius 2 is 1.97 bits per heavy atom. The van der Waals surface area contributed by atoms with Crippen molar-refractivity contribution in [1.82, 2.24) is 9.21 Å². The number of para-hydroxylation sites is 1. The van der Waals surface area contributed by atoms with Crippen LogP contribution in [0.3, 0.4) is 0 Å². The Balaban J connectivity index is 1.97. The molecule has 1 fully saturated rings. The normalized spacial score (nSPS) is 16.5. The van der Waals surface area contributed by atoms with Crippen molar-refractivity contribution in [3.8, 4) is 5.75 Å². The van der Waals surface area contributed by atoms with Crippen molar-refractivity contribution in [2.24, 2.45) is 0 Å². The fraction of sp³-hybridized carbons (Fsp3) is 0.409. The number of benzene rings is 2. The number of carbonyl (C=O) groups is 1. The Bertz CT molecular complexity index is 1040. The lowest BCUT2D eigenvalue weighted by Gasteiger charge is -2.27. The van der Waals surface area contributed by atoms with Gasteiger partial charge in [0.2, 0.25) is 10.0 Å². The predicted octanol–water partition coefficient (Wildman–Crippen LogP) is 3.42. The van der Waals surface area contributed by atoms with Crippen LogP contribution in [0.25, 0.3) is 0 Å². The lowest BCUT2D eigenvalue weighted by atomic mass is 10.1. The second-order valence-electron chi connectivity index (χ2n) is 7.56. The van der Waals surface area contributed by atoms with E-state index in [1.807, 2.05) is 24.3 Å². The third-order valence-corrected chi connectivity index (χ3v) is 7.38. The molecule has 0 N–H and O–H groups in total. The van der Waals surface area contributed by atoms with Crippen molar-refractivity contribution in [3.63, 3.8) is 0 Å². The fourth-order valence-electron chi connectivity index (χ4n) is 3.50. The van der Waals surface area contributed by atoms with Gasteiger partial charge in [0, 0.05) is 39.4 Å². The highest BCUT2D eigenvalue weighted by atomic mass is 35.5. The minimum Gasteiger partial charge on any atom is -0.496 e. The minimum atomic E-state index is -3.71. The van der Waals surface area contributed by atoms with Crippen molar-refractivity contribution >= 4 is 27.5 Å². The summed E-state index contributed by atoms with van der Waals surface area (Å²) in [6, 6.07) is 11.7. The first-order chi connectivity index (χ1) is 14.7. The van der Waals surface area contributed by atoms with Gasteiger partial charge in [-0.05, 0) is 37.1 Å². The molecule has 0 spiro atoms. The molecule has 2 aromatic carbocycles. The van der Waals surface area contributed by atoms with Crippen LogP contribution in [0.2, 0.25) is 5.02 Å². The van der Waals surface area contributed by atoms with Gasteiger partial charge < -0.3 is 14.4 Å². The minimum absolute atomic E-state index is 0.0135. The second-order valence-corrected chi connectivity index (χ2v) is 10.1. The Morgan fingerprint density at radius 3 is 2.61 bits per heavy atom. The maximum Gasteiger partial charge on any atom is 0.255 e. The zero-order valence-corrected chi connectivity index (χ0v) is 19.4. The number of nitrogens with zero attached hydrogens (tertiary/aromatic N) is 2. The summed E-state index contributed by atoms with van der Waals surface area (Å²) in [7, 11) is 0.755. The van der Waals surface area contributed by atoms with Gasteiger partial charge in [0.1, 0.15) is 5.75 Å². The fourth-order valence-corrected chi connectivity index (χ4v) is 4.63. The monoisotopic (exact) mass is 466 g/mol. The average Bonchev–Trinajstić information content (AvgIpc) is 3.26. The quantitative estimate of drug-likeness (QED) is 0.595. The molecule has 2 aromatic rings. The topological polar surface area (TPSA) is 76.1 Å². The highest BCUT2D eigenvalue weighted by Gasteiger charge is 2.27. The molecular weight excluding hydrogens is 440 g/mol. The number of hydrogen-bond acceptors (Lipinski definition) is 5. The van der Waals surface area contributed by atoms with Gasteiger partial charge in [-0.25, -0.2) is 12.7 Å². The van der Waals surface area contributed by atoms with Gasteiger partial charge in [-0.15, -0.1) is 0 Å². The van der Waals surface area contributed by atoms with E-state index in [1.54, 1.807) is 12.0 Å². The van der Waals surface area contributed by atoms with E-state index in [0.717, 1.165) is 22.7 Å². The third-order valence-electron chi connectivity index (χ3n) is 5.24. The second kappa shape index (κ2) is 9.99. The van der Waals surface area contributed by atoms with Gasteiger partial charge in [0.25, 0.3) is 5.91 Å². The molecule has 0 saturated carbocycles. The Kier molecular flexibility index (Phi) is 7.59. The molecule has 7 nitrogen and oxygen atoms in total. The summed E-state index contributed by atoms with van der Waals surface area (Å²) in [4.78, 5) is 15.2. The van der Waals surface area contributed by atoms with Crippen LogP contribution in [0.1, 0.15) is 28.8 Å². The van der Waals surface area contributed by atoms with Gasteiger partial charge in [-0.1, -0.05) is 29.8 Å². The molecule has 3 rings (SSSR count). The number of carbonyl (C=O) groups excluding carboxylic acids is 1.